The fourth-order valence-corrected chi connectivity index (χ4v) is 2.57. The lowest BCUT2D eigenvalue weighted by atomic mass is 9.82. The van der Waals surface area contributed by atoms with Crippen LogP contribution in [0.1, 0.15) is 46.4 Å². The minimum absolute atomic E-state index is 0.0528. The zero-order chi connectivity index (χ0) is 14.8. The number of rotatable bonds is 3. The maximum Gasteiger partial charge on any atom is 0.137 e. The Kier molecular flexibility index (Phi) is 4.69. The Bertz CT molecular complexity index is 465. The van der Waals surface area contributed by atoms with Gasteiger partial charge in [-0.25, -0.2) is 9.97 Å². The highest BCUT2D eigenvalue weighted by Crippen LogP contribution is 2.30. The highest BCUT2D eigenvalue weighted by molar-refractivity contribution is 9.10. The first-order valence-electron chi connectivity index (χ1n) is 7.15. The van der Waals surface area contributed by atoms with E-state index in [1.807, 2.05) is 6.07 Å². The van der Waals surface area contributed by atoms with E-state index in [1.165, 1.54) is 0 Å². The average Bonchev–Trinajstić information content (AvgIpc) is 2.36. The normalized spacial score (nSPS) is 18.9. The van der Waals surface area contributed by atoms with Gasteiger partial charge in [-0.3, -0.25) is 0 Å². The second kappa shape index (κ2) is 5.98. The van der Waals surface area contributed by atoms with Crippen molar-refractivity contribution in [2.24, 2.45) is 5.41 Å². The monoisotopic (exact) mass is 341 g/mol. The molecule has 1 aromatic rings. The van der Waals surface area contributed by atoms with Crippen LogP contribution >= 0.6 is 15.9 Å². The van der Waals surface area contributed by atoms with Gasteiger partial charge in [-0.2, -0.15) is 0 Å². The van der Waals surface area contributed by atoms with Crippen LogP contribution in [-0.4, -0.2) is 29.7 Å². The third kappa shape index (κ3) is 4.16. The first-order chi connectivity index (χ1) is 9.28. The molecule has 0 amide bonds. The van der Waals surface area contributed by atoms with E-state index in [2.05, 4.69) is 58.9 Å². The average molecular weight is 342 g/mol. The Morgan fingerprint density at radius 1 is 1.30 bits per heavy atom. The first kappa shape index (κ1) is 15.7. The third-order valence-corrected chi connectivity index (χ3v) is 4.17. The quantitative estimate of drug-likeness (QED) is 0.850. The Morgan fingerprint density at radius 3 is 2.55 bits per heavy atom. The van der Waals surface area contributed by atoms with Gasteiger partial charge < -0.3 is 10.1 Å². The second-order valence-electron chi connectivity index (χ2n) is 6.93. The molecule has 20 heavy (non-hydrogen) atoms. The number of ether oxygens (including phenoxy) is 1. The molecule has 0 aliphatic carbocycles. The number of anilines is 1. The highest BCUT2D eigenvalue weighted by Gasteiger charge is 2.27. The van der Waals surface area contributed by atoms with E-state index in [0.717, 1.165) is 48.8 Å². The number of hydrogen-bond donors (Lipinski definition) is 1. The molecule has 0 spiro atoms. The molecule has 0 bridgehead atoms. The summed E-state index contributed by atoms with van der Waals surface area (Å²) in [6.07, 6.45) is 2.19. The number of nitrogens with zero attached hydrogens (tertiary/aromatic N) is 2. The molecule has 0 radical (unpaired) electrons. The van der Waals surface area contributed by atoms with Gasteiger partial charge in [-0.1, -0.05) is 27.7 Å². The van der Waals surface area contributed by atoms with Crippen molar-refractivity contribution in [1.29, 1.82) is 0 Å². The van der Waals surface area contributed by atoms with Crippen LogP contribution in [0, 0.1) is 5.41 Å². The molecule has 0 saturated carbocycles. The second-order valence-corrected chi connectivity index (χ2v) is 7.74. The molecule has 2 rings (SSSR count). The van der Waals surface area contributed by atoms with Crippen molar-refractivity contribution in [3.8, 4) is 0 Å². The van der Waals surface area contributed by atoms with Crippen LogP contribution in [0.15, 0.2) is 10.7 Å². The Labute approximate surface area is 129 Å². The number of aromatic nitrogens is 2. The summed E-state index contributed by atoms with van der Waals surface area (Å²) in [6.45, 7) is 11.3. The van der Waals surface area contributed by atoms with Crippen molar-refractivity contribution in [3.63, 3.8) is 0 Å². The summed E-state index contributed by atoms with van der Waals surface area (Å²) in [5.41, 5.74) is 0.236. The van der Waals surface area contributed by atoms with E-state index in [-0.39, 0.29) is 10.8 Å². The van der Waals surface area contributed by atoms with Crippen molar-refractivity contribution >= 4 is 21.7 Å². The molecule has 0 atom stereocenters. The standard InChI is InChI=1S/C15H24BrN3O/c1-14(2,3)13-18-11(16)9-12(19-13)17-10-15(4)5-7-20-8-6-15/h9H,5-8,10H2,1-4H3,(H,17,18,19). The van der Waals surface area contributed by atoms with Gasteiger partial charge in [-0.15, -0.1) is 0 Å². The summed E-state index contributed by atoms with van der Waals surface area (Å²) in [6, 6.07) is 1.94. The summed E-state index contributed by atoms with van der Waals surface area (Å²) in [5, 5.41) is 3.47. The van der Waals surface area contributed by atoms with Crippen LogP contribution < -0.4 is 5.32 Å². The molecule has 1 aromatic heterocycles. The molecule has 2 heterocycles. The van der Waals surface area contributed by atoms with Gasteiger partial charge in [0.2, 0.25) is 0 Å². The largest absolute Gasteiger partial charge is 0.381 e. The number of hydrogen-bond acceptors (Lipinski definition) is 4. The summed E-state index contributed by atoms with van der Waals surface area (Å²) >= 11 is 3.47. The zero-order valence-corrected chi connectivity index (χ0v) is 14.4. The summed E-state index contributed by atoms with van der Waals surface area (Å²) < 4.78 is 6.27. The fourth-order valence-electron chi connectivity index (χ4n) is 2.19. The highest BCUT2D eigenvalue weighted by atomic mass is 79.9. The van der Waals surface area contributed by atoms with Crippen LogP contribution in [0.5, 0.6) is 0 Å². The Balaban J connectivity index is 2.07. The van der Waals surface area contributed by atoms with Crippen molar-refractivity contribution < 1.29 is 4.74 Å². The lowest BCUT2D eigenvalue weighted by Crippen LogP contribution is -2.33. The number of halogens is 1. The van der Waals surface area contributed by atoms with Crippen LogP contribution in [0.25, 0.3) is 0 Å². The van der Waals surface area contributed by atoms with Gasteiger partial charge in [0.05, 0.1) is 0 Å². The SMILES string of the molecule is CC1(CNc2cc(Br)nc(C(C)(C)C)n2)CCOCC1. The topological polar surface area (TPSA) is 47.0 Å². The van der Waals surface area contributed by atoms with Gasteiger partial charge in [0.1, 0.15) is 16.2 Å². The molecule has 1 N–H and O–H groups in total. The predicted octanol–water partition coefficient (Wildman–Crippen LogP) is 3.77. The maximum atomic E-state index is 5.44. The molecular weight excluding hydrogens is 318 g/mol. The Morgan fingerprint density at radius 2 is 1.95 bits per heavy atom. The predicted molar refractivity (Wildman–Crippen MR) is 85.1 cm³/mol. The maximum absolute atomic E-state index is 5.44. The van der Waals surface area contributed by atoms with Crippen molar-refractivity contribution in [3.05, 3.63) is 16.5 Å². The molecule has 112 valence electrons. The number of nitrogens with one attached hydrogen (secondary N) is 1. The van der Waals surface area contributed by atoms with Gasteiger partial charge >= 0.3 is 0 Å². The lowest BCUT2D eigenvalue weighted by molar-refractivity contribution is 0.0299. The molecule has 1 fully saturated rings. The van der Waals surface area contributed by atoms with Crippen LogP contribution in [-0.2, 0) is 10.2 Å². The van der Waals surface area contributed by atoms with E-state index in [4.69, 9.17) is 4.74 Å². The zero-order valence-electron chi connectivity index (χ0n) is 12.8. The van der Waals surface area contributed by atoms with Gasteiger partial charge in [0, 0.05) is 31.2 Å². The van der Waals surface area contributed by atoms with E-state index < -0.39 is 0 Å². The van der Waals surface area contributed by atoms with E-state index in [0.29, 0.717) is 0 Å². The molecule has 5 heteroatoms. The lowest BCUT2D eigenvalue weighted by Gasteiger charge is -2.33. The van der Waals surface area contributed by atoms with Crippen LogP contribution in [0.4, 0.5) is 5.82 Å². The van der Waals surface area contributed by atoms with Gasteiger partial charge in [0.15, 0.2) is 0 Å². The molecule has 0 aromatic carbocycles. The van der Waals surface area contributed by atoms with Crippen LogP contribution in [0.2, 0.25) is 0 Å². The van der Waals surface area contributed by atoms with Crippen molar-refractivity contribution in [1.82, 2.24) is 9.97 Å². The Hall–Kier alpha value is -0.680. The van der Waals surface area contributed by atoms with Crippen molar-refractivity contribution in [2.45, 2.75) is 46.0 Å². The summed E-state index contributed by atoms with van der Waals surface area (Å²) in [5.74, 6) is 1.75. The van der Waals surface area contributed by atoms with E-state index >= 15 is 0 Å². The van der Waals surface area contributed by atoms with Gasteiger partial charge in [-0.05, 0) is 34.2 Å². The first-order valence-corrected chi connectivity index (χ1v) is 7.95. The molecular formula is C15H24BrN3O. The minimum Gasteiger partial charge on any atom is -0.381 e. The third-order valence-electron chi connectivity index (χ3n) is 3.76. The molecule has 4 nitrogen and oxygen atoms in total. The molecule has 0 unspecified atom stereocenters. The summed E-state index contributed by atoms with van der Waals surface area (Å²) in [7, 11) is 0. The summed E-state index contributed by atoms with van der Waals surface area (Å²) in [4.78, 5) is 9.10. The van der Waals surface area contributed by atoms with Crippen LogP contribution in [0.3, 0.4) is 0 Å². The van der Waals surface area contributed by atoms with E-state index in [1.54, 1.807) is 0 Å². The van der Waals surface area contributed by atoms with Gasteiger partial charge in [0.25, 0.3) is 0 Å². The van der Waals surface area contributed by atoms with E-state index in [9.17, 15) is 0 Å². The van der Waals surface area contributed by atoms with Crippen molar-refractivity contribution in [2.75, 3.05) is 25.1 Å². The molecule has 1 aliphatic heterocycles. The molecule has 1 aliphatic rings. The fraction of sp³-hybridized carbons (Fsp3) is 0.733. The molecule has 1 saturated heterocycles. The minimum atomic E-state index is -0.0528. The smallest absolute Gasteiger partial charge is 0.137 e.